The number of nitrogens with one attached hydrogen (secondary N) is 1. The standard InChI is InChI=1S/C11H9F4NO4/c1-10(9(19)20,11(13,14)15)16-8(18)7-5(12)3-2-4-6(7)17/h2-4,17H,1H3,(H,16,18)(H,19,20). The molecule has 20 heavy (non-hydrogen) atoms. The second-order valence-electron chi connectivity index (χ2n) is 4.02. The Kier molecular flexibility index (Phi) is 3.92. The van der Waals surface area contributed by atoms with Gasteiger partial charge in [0, 0.05) is 0 Å². The number of aromatic hydroxyl groups is 1. The minimum atomic E-state index is -5.31. The molecule has 0 aromatic heterocycles. The maximum atomic E-state index is 13.3. The molecule has 1 atom stereocenters. The van der Waals surface area contributed by atoms with Crippen molar-refractivity contribution in [2.75, 3.05) is 0 Å². The molecule has 0 heterocycles. The molecular formula is C11H9F4NO4. The summed E-state index contributed by atoms with van der Waals surface area (Å²) in [4.78, 5) is 22.3. The van der Waals surface area contributed by atoms with E-state index in [1.807, 2.05) is 0 Å². The molecule has 0 bridgehead atoms. The van der Waals surface area contributed by atoms with Gasteiger partial charge in [-0.15, -0.1) is 0 Å². The van der Waals surface area contributed by atoms with Crippen LogP contribution < -0.4 is 5.32 Å². The lowest BCUT2D eigenvalue weighted by atomic mass is 10.0. The van der Waals surface area contributed by atoms with E-state index < -0.39 is 40.7 Å². The van der Waals surface area contributed by atoms with Crippen LogP contribution in [0.25, 0.3) is 0 Å². The summed E-state index contributed by atoms with van der Waals surface area (Å²) in [6.07, 6.45) is -5.31. The second-order valence-corrected chi connectivity index (χ2v) is 4.02. The summed E-state index contributed by atoms with van der Waals surface area (Å²) in [5, 5.41) is 19.0. The van der Waals surface area contributed by atoms with Crippen LogP contribution in [0.5, 0.6) is 5.75 Å². The van der Waals surface area contributed by atoms with Crippen LogP contribution in [0, 0.1) is 5.82 Å². The van der Waals surface area contributed by atoms with E-state index in [0.29, 0.717) is 0 Å². The van der Waals surface area contributed by atoms with Gasteiger partial charge >= 0.3 is 12.1 Å². The van der Waals surface area contributed by atoms with Crippen molar-refractivity contribution >= 4 is 11.9 Å². The van der Waals surface area contributed by atoms with Crippen LogP contribution in [0.15, 0.2) is 18.2 Å². The van der Waals surface area contributed by atoms with Gasteiger partial charge in [-0.2, -0.15) is 13.2 Å². The summed E-state index contributed by atoms with van der Waals surface area (Å²) in [6, 6.07) is 2.64. The van der Waals surface area contributed by atoms with Crippen molar-refractivity contribution in [2.45, 2.75) is 18.6 Å². The second kappa shape index (κ2) is 4.99. The molecule has 0 radical (unpaired) electrons. The average Bonchev–Trinajstić information content (AvgIpc) is 2.26. The van der Waals surface area contributed by atoms with E-state index in [1.165, 1.54) is 5.32 Å². The third-order valence-electron chi connectivity index (χ3n) is 2.58. The van der Waals surface area contributed by atoms with Crippen LogP contribution >= 0.6 is 0 Å². The summed E-state index contributed by atoms with van der Waals surface area (Å²) in [7, 11) is 0. The normalized spacial score (nSPS) is 14.4. The molecule has 0 saturated carbocycles. The van der Waals surface area contributed by atoms with Crippen molar-refractivity contribution < 1.29 is 37.4 Å². The van der Waals surface area contributed by atoms with E-state index in [9.17, 15) is 32.3 Å². The molecule has 0 aliphatic carbocycles. The van der Waals surface area contributed by atoms with Gasteiger partial charge in [0.1, 0.15) is 17.1 Å². The molecule has 0 spiro atoms. The Morgan fingerprint density at radius 3 is 2.20 bits per heavy atom. The van der Waals surface area contributed by atoms with Gasteiger partial charge < -0.3 is 15.5 Å². The zero-order valence-corrected chi connectivity index (χ0v) is 9.95. The summed E-state index contributed by atoms with van der Waals surface area (Å²) in [5.41, 5.74) is -4.68. The third-order valence-corrected chi connectivity index (χ3v) is 2.58. The molecule has 5 nitrogen and oxygen atoms in total. The predicted molar refractivity (Wildman–Crippen MR) is 57.6 cm³/mol. The lowest BCUT2D eigenvalue weighted by Gasteiger charge is -2.28. The van der Waals surface area contributed by atoms with Crippen molar-refractivity contribution in [3.05, 3.63) is 29.6 Å². The van der Waals surface area contributed by atoms with Crippen LogP contribution in [0.2, 0.25) is 0 Å². The first-order chi connectivity index (χ1) is 9.00. The van der Waals surface area contributed by atoms with Gasteiger partial charge in [-0.1, -0.05) is 6.07 Å². The Labute approximate surface area is 109 Å². The molecule has 0 fully saturated rings. The van der Waals surface area contributed by atoms with Gasteiger partial charge in [0.15, 0.2) is 0 Å². The van der Waals surface area contributed by atoms with Gasteiger partial charge in [-0.25, -0.2) is 9.18 Å². The van der Waals surface area contributed by atoms with Crippen LogP contribution in [-0.2, 0) is 4.79 Å². The number of halogens is 4. The molecule has 1 amide bonds. The molecule has 1 aromatic carbocycles. The first-order valence-electron chi connectivity index (χ1n) is 5.11. The first kappa shape index (κ1) is 15.7. The molecular weight excluding hydrogens is 286 g/mol. The number of alkyl halides is 3. The Morgan fingerprint density at radius 1 is 1.25 bits per heavy atom. The number of rotatable bonds is 3. The number of hydrogen-bond acceptors (Lipinski definition) is 3. The number of benzene rings is 1. The highest BCUT2D eigenvalue weighted by molar-refractivity contribution is 6.00. The number of carbonyl (C=O) groups is 2. The summed E-state index contributed by atoms with van der Waals surface area (Å²) in [6.45, 7) is 0.213. The van der Waals surface area contributed by atoms with Gasteiger partial charge in [0.05, 0.1) is 0 Å². The van der Waals surface area contributed by atoms with Crippen molar-refractivity contribution in [1.29, 1.82) is 0 Å². The van der Waals surface area contributed by atoms with E-state index in [4.69, 9.17) is 5.11 Å². The SMILES string of the molecule is CC(NC(=O)c1c(O)cccc1F)(C(=O)O)C(F)(F)F. The molecule has 110 valence electrons. The quantitative estimate of drug-likeness (QED) is 0.740. The fourth-order valence-electron chi connectivity index (χ4n) is 1.27. The topological polar surface area (TPSA) is 86.6 Å². The number of aliphatic carboxylic acids is 1. The van der Waals surface area contributed by atoms with E-state index >= 15 is 0 Å². The van der Waals surface area contributed by atoms with Crippen molar-refractivity contribution in [3.63, 3.8) is 0 Å². The Bertz CT molecular complexity index is 538. The van der Waals surface area contributed by atoms with Crippen molar-refractivity contribution in [1.82, 2.24) is 5.32 Å². The van der Waals surface area contributed by atoms with Gasteiger partial charge in [-0.3, -0.25) is 4.79 Å². The largest absolute Gasteiger partial charge is 0.507 e. The number of carbonyl (C=O) groups excluding carboxylic acids is 1. The fraction of sp³-hybridized carbons (Fsp3) is 0.273. The molecule has 1 rings (SSSR count). The number of carboxylic acid groups (broad SMARTS) is 1. The molecule has 3 N–H and O–H groups in total. The summed E-state index contributed by atoms with van der Waals surface area (Å²) >= 11 is 0. The highest BCUT2D eigenvalue weighted by Crippen LogP contribution is 2.31. The van der Waals surface area contributed by atoms with E-state index in [2.05, 4.69) is 0 Å². The van der Waals surface area contributed by atoms with E-state index in [0.717, 1.165) is 18.2 Å². The average molecular weight is 295 g/mol. The Hall–Kier alpha value is -2.32. The lowest BCUT2D eigenvalue weighted by molar-refractivity contribution is -0.203. The van der Waals surface area contributed by atoms with Crippen LogP contribution in [0.4, 0.5) is 17.6 Å². The minimum Gasteiger partial charge on any atom is -0.507 e. The Balaban J connectivity index is 3.20. The molecule has 0 saturated heterocycles. The molecule has 0 aliphatic rings. The highest BCUT2D eigenvalue weighted by atomic mass is 19.4. The molecule has 9 heteroatoms. The van der Waals surface area contributed by atoms with Gasteiger partial charge in [0.2, 0.25) is 5.54 Å². The Morgan fingerprint density at radius 2 is 1.80 bits per heavy atom. The third kappa shape index (κ3) is 2.65. The number of phenolic OH excluding ortho intramolecular Hbond substituents is 1. The summed E-state index contributed by atoms with van der Waals surface area (Å²) in [5.74, 6) is -6.24. The number of hydrogen-bond donors (Lipinski definition) is 3. The van der Waals surface area contributed by atoms with Gasteiger partial charge in [-0.05, 0) is 19.1 Å². The lowest BCUT2D eigenvalue weighted by Crippen LogP contribution is -2.62. The minimum absolute atomic E-state index is 0.213. The van der Waals surface area contributed by atoms with Crippen molar-refractivity contribution in [3.8, 4) is 5.75 Å². The molecule has 1 unspecified atom stereocenters. The first-order valence-corrected chi connectivity index (χ1v) is 5.11. The van der Waals surface area contributed by atoms with E-state index in [1.54, 1.807) is 0 Å². The van der Waals surface area contributed by atoms with Crippen molar-refractivity contribution in [2.24, 2.45) is 0 Å². The summed E-state index contributed by atoms with van der Waals surface area (Å²) < 4.78 is 51.4. The number of amides is 1. The smallest absolute Gasteiger partial charge is 0.422 e. The maximum absolute atomic E-state index is 13.3. The zero-order chi connectivity index (χ0) is 15.7. The number of phenols is 1. The molecule has 0 aliphatic heterocycles. The zero-order valence-electron chi connectivity index (χ0n) is 9.95. The monoisotopic (exact) mass is 295 g/mol. The number of carboxylic acids is 1. The predicted octanol–water partition coefficient (Wildman–Crippen LogP) is 1.67. The highest BCUT2D eigenvalue weighted by Gasteiger charge is 2.58. The molecule has 1 aromatic rings. The van der Waals surface area contributed by atoms with Crippen LogP contribution in [-0.4, -0.2) is 33.8 Å². The van der Waals surface area contributed by atoms with Crippen LogP contribution in [0.1, 0.15) is 17.3 Å². The maximum Gasteiger partial charge on any atom is 0.422 e. The fourth-order valence-corrected chi connectivity index (χ4v) is 1.27. The van der Waals surface area contributed by atoms with Crippen LogP contribution in [0.3, 0.4) is 0 Å². The van der Waals surface area contributed by atoms with E-state index in [-0.39, 0.29) is 6.92 Å². The van der Waals surface area contributed by atoms with Gasteiger partial charge in [0.25, 0.3) is 5.91 Å².